The number of rotatable bonds is 5. The Hall–Kier alpha value is -3.59. The zero-order valence-electron chi connectivity index (χ0n) is 18.6. The number of hydrogen-bond acceptors (Lipinski definition) is 8. The molecule has 4 rings (SSSR count). The van der Waals surface area contributed by atoms with Crippen molar-refractivity contribution in [2.24, 2.45) is 0 Å². The first kappa shape index (κ1) is 21.6. The van der Waals surface area contributed by atoms with E-state index in [1.54, 1.807) is 36.7 Å². The van der Waals surface area contributed by atoms with E-state index in [4.69, 9.17) is 14.5 Å². The lowest BCUT2D eigenvalue weighted by atomic mass is 10.0. The van der Waals surface area contributed by atoms with Crippen molar-refractivity contribution in [1.29, 1.82) is 0 Å². The number of anilines is 1. The van der Waals surface area contributed by atoms with E-state index in [9.17, 15) is 4.79 Å². The molecular formula is C23H26N6O3. The summed E-state index contributed by atoms with van der Waals surface area (Å²) >= 11 is 0. The van der Waals surface area contributed by atoms with E-state index in [1.165, 1.54) is 6.33 Å². The summed E-state index contributed by atoms with van der Waals surface area (Å²) in [6.45, 7) is 3.18. The maximum Gasteiger partial charge on any atom is 0.257 e. The Balaban J connectivity index is 1.68. The molecule has 1 fully saturated rings. The Bertz CT molecular complexity index is 1110. The number of hydrogen-bond donors (Lipinski definition) is 0. The van der Waals surface area contributed by atoms with Crippen LogP contribution in [0.4, 0.5) is 5.95 Å². The quantitative estimate of drug-likeness (QED) is 0.605. The lowest BCUT2D eigenvalue weighted by Crippen LogP contribution is -2.42. The Labute approximate surface area is 187 Å². The molecule has 3 heterocycles. The van der Waals surface area contributed by atoms with Gasteiger partial charge in [0.05, 0.1) is 31.5 Å². The summed E-state index contributed by atoms with van der Waals surface area (Å²) in [6, 6.07) is 5.58. The highest BCUT2D eigenvalue weighted by molar-refractivity contribution is 5.97. The topological polar surface area (TPSA) is 93.6 Å². The maximum atomic E-state index is 13.4. The van der Waals surface area contributed by atoms with Crippen molar-refractivity contribution in [2.45, 2.75) is 13.0 Å². The highest BCUT2D eigenvalue weighted by Gasteiger charge is 2.31. The second-order valence-electron chi connectivity index (χ2n) is 7.76. The zero-order valence-corrected chi connectivity index (χ0v) is 18.6. The monoisotopic (exact) mass is 434 g/mol. The smallest absolute Gasteiger partial charge is 0.257 e. The molecule has 2 aromatic heterocycles. The van der Waals surface area contributed by atoms with Gasteiger partial charge in [0.2, 0.25) is 5.95 Å². The van der Waals surface area contributed by atoms with Crippen molar-refractivity contribution in [2.75, 3.05) is 45.8 Å². The van der Waals surface area contributed by atoms with Crippen molar-refractivity contribution >= 4 is 11.9 Å². The first-order valence-corrected chi connectivity index (χ1v) is 10.3. The number of ether oxygens (including phenoxy) is 2. The predicted molar refractivity (Wildman–Crippen MR) is 120 cm³/mol. The molecule has 0 N–H and O–H groups in total. The highest BCUT2D eigenvalue weighted by atomic mass is 16.5. The molecule has 0 bridgehead atoms. The van der Waals surface area contributed by atoms with Crippen molar-refractivity contribution in [3.8, 4) is 16.9 Å². The van der Waals surface area contributed by atoms with E-state index in [0.29, 0.717) is 42.7 Å². The van der Waals surface area contributed by atoms with Crippen LogP contribution in [0.15, 0.2) is 43.1 Å². The molecular weight excluding hydrogens is 408 g/mol. The van der Waals surface area contributed by atoms with Gasteiger partial charge in [0.15, 0.2) is 0 Å². The molecule has 1 aromatic carbocycles. The zero-order chi connectivity index (χ0) is 22.7. The van der Waals surface area contributed by atoms with Crippen molar-refractivity contribution in [3.05, 3.63) is 59.9 Å². The van der Waals surface area contributed by atoms with Crippen LogP contribution in [0, 0.1) is 6.92 Å². The van der Waals surface area contributed by atoms with E-state index in [-0.39, 0.29) is 5.91 Å². The van der Waals surface area contributed by atoms with Crippen LogP contribution in [0.5, 0.6) is 5.75 Å². The number of benzene rings is 1. The fourth-order valence-corrected chi connectivity index (χ4v) is 3.77. The normalized spacial score (nSPS) is 16.0. The molecule has 1 atom stereocenters. The molecule has 0 aliphatic carbocycles. The number of aryl methyl sites for hydroxylation is 1. The minimum atomic E-state index is -0.416. The van der Waals surface area contributed by atoms with E-state index in [0.717, 1.165) is 16.7 Å². The van der Waals surface area contributed by atoms with Crippen LogP contribution in [-0.2, 0) is 4.74 Å². The van der Waals surface area contributed by atoms with E-state index in [1.807, 2.05) is 38.1 Å². The third-order valence-corrected chi connectivity index (χ3v) is 5.38. The average Bonchev–Trinajstić information content (AvgIpc) is 2.83. The molecule has 0 unspecified atom stereocenters. The molecule has 0 spiro atoms. The van der Waals surface area contributed by atoms with E-state index in [2.05, 4.69) is 15.0 Å². The molecule has 1 saturated heterocycles. The minimum Gasteiger partial charge on any atom is -0.496 e. The molecule has 1 aliphatic rings. The number of amides is 1. The molecule has 9 nitrogen and oxygen atoms in total. The highest BCUT2D eigenvalue weighted by Crippen LogP contribution is 2.32. The van der Waals surface area contributed by atoms with Gasteiger partial charge in [-0.15, -0.1) is 0 Å². The van der Waals surface area contributed by atoms with Gasteiger partial charge in [-0.25, -0.2) is 19.9 Å². The Kier molecular flexibility index (Phi) is 6.27. The van der Waals surface area contributed by atoms with Crippen LogP contribution in [0.2, 0.25) is 0 Å². The third kappa shape index (κ3) is 4.24. The maximum absolute atomic E-state index is 13.4. The van der Waals surface area contributed by atoms with Gasteiger partial charge in [-0.2, -0.15) is 0 Å². The summed E-state index contributed by atoms with van der Waals surface area (Å²) < 4.78 is 11.6. The molecule has 0 saturated carbocycles. The molecule has 1 amide bonds. The molecule has 166 valence electrons. The second-order valence-corrected chi connectivity index (χ2v) is 7.76. The SMILES string of the molecule is COc1c(C)cccc1C(=O)N1CCO[C@H](c2nc(N(C)C)ncc2-c2cncnc2)C1. The van der Waals surface area contributed by atoms with Gasteiger partial charge >= 0.3 is 0 Å². The Morgan fingerprint density at radius 2 is 2.00 bits per heavy atom. The summed E-state index contributed by atoms with van der Waals surface area (Å²) in [4.78, 5) is 34.4. The minimum absolute atomic E-state index is 0.0923. The number of carbonyl (C=O) groups is 1. The Morgan fingerprint density at radius 1 is 1.22 bits per heavy atom. The van der Waals surface area contributed by atoms with Crippen LogP contribution in [0.25, 0.3) is 11.1 Å². The fourth-order valence-electron chi connectivity index (χ4n) is 3.77. The summed E-state index contributed by atoms with van der Waals surface area (Å²) in [5, 5.41) is 0. The fraction of sp³-hybridized carbons (Fsp3) is 0.348. The van der Waals surface area contributed by atoms with Gasteiger partial charge in [0, 0.05) is 50.4 Å². The lowest BCUT2D eigenvalue weighted by Gasteiger charge is -2.34. The lowest BCUT2D eigenvalue weighted by molar-refractivity contribution is -0.0245. The summed E-state index contributed by atoms with van der Waals surface area (Å²) in [5.74, 6) is 1.07. The predicted octanol–water partition coefficient (Wildman–Crippen LogP) is 2.53. The first-order chi connectivity index (χ1) is 15.5. The third-order valence-electron chi connectivity index (χ3n) is 5.38. The van der Waals surface area contributed by atoms with E-state index >= 15 is 0 Å². The van der Waals surface area contributed by atoms with Crippen molar-refractivity contribution in [1.82, 2.24) is 24.8 Å². The van der Waals surface area contributed by atoms with Crippen LogP contribution >= 0.6 is 0 Å². The molecule has 32 heavy (non-hydrogen) atoms. The van der Waals surface area contributed by atoms with E-state index < -0.39 is 6.10 Å². The van der Waals surface area contributed by atoms with Crippen LogP contribution in [0.3, 0.4) is 0 Å². The number of para-hydroxylation sites is 1. The first-order valence-electron chi connectivity index (χ1n) is 10.3. The number of nitrogens with zero attached hydrogens (tertiary/aromatic N) is 6. The second kappa shape index (κ2) is 9.27. The van der Waals surface area contributed by atoms with Crippen molar-refractivity contribution < 1.29 is 14.3 Å². The van der Waals surface area contributed by atoms with Gasteiger partial charge in [0.1, 0.15) is 18.2 Å². The molecule has 9 heteroatoms. The number of carbonyl (C=O) groups excluding carboxylic acids is 1. The molecule has 1 aliphatic heterocycles. The van der Waals surface area contributed by atoms with Gasteiger partial charge < -0.3 is 19.3 Å². The van der Waals surface area contributed by atoms with Crippen LogP contribution < -0.4 is 9.64 Å². The van der Waals surface area contributed by atoms with Gasteiger partial charge in [-0.3, -0.25) is 4.79 Å². The van der Waals surface area contributed by atoms with Gasteiger partial charge in [0.25, 0.3) is 5.91 Å². The van der Waals surface area contributed by atoms with Crippen LogP contribution in [0.1, 0.15) is 27.7 Å². The summed E-state index contributed by atoms with van der Waals surface area (Å²) in [5.41, 5.74) is 3.73. The summed E-state index contributed by atoms with van der Waals surface area (Å²) in [6.07, 6.45) is 6.25. The van der Waals surface area contributed by atoms with Gasteiger partial charge in [-0.1, -0.05) is 12.1 Å². The summed E-state index contributed by atoms with van der Waals surface area (Å²) in [7, 11) is 5.34. The van der Waals surface area contributed by atoms with Gasteiger partial charge in [-0.05, 0) is 18.6 Å². The van der Waals surface area contributed by atoms with Crippen molar-refractivity contribution in [3.63, 3.8) is 0 Å². The number of methoxy groups -OCH3 is 1. The average molecular weight is 435 g/mol. The largest absolute Gasteiger partial charge is 0.496 e. The Morgan fingerprint density at radius 3 is 2.72 bits per heavy atom. The van der Waals surface area contributed by atoms with Crippen LogP contribution in [-0.4, -0.2) is 71.6 Å². The molecule has 0 radical (unpaired) electrons. The molecule has 3 aromatic rings. The number of aromatic nitrogens is 4. The number of morpholine rings is 1. The standard InChI is InChI=1S/C23H26N6O3/c1-15-6-5-7-17(21(15)31-4)22(30)29-8-9-32-19(13-29)20-18(16-10-24-14-25-11-16)12-26-23(27-20)28(2)3/h5-7,10-12,14,19H,8-9,13H2,1-4H3/t19-/m0/s1.